The number of esters is 1. The minimum absolute atomic E-state index is 0.183. The number of rotatable bonds is 5. The molecule has 1 heterocycles. The van der Waals surface area contributed by atoms with Crippen molar-refractivity contribution in [3.8, 4) is 0 Å². The molecule has 0 aromatic carbocycles. The molecule has 0 radical (unpaired) electrons. The van der Waals surface area contributed by atoms with Crippen LogP contribution in [0.15, 0.2) is 12.1 Å². The van der Waals surface area contributed by atoms with Crippen LogP contribution in [0.25, 0.3) is 0 Å². The lowest BCUT2D eigenvalue weighted by Gasteiger charge is -2.19. The Morgan fingerprint density at radius 2 is 2.00 bits per heavy atom. The Labute approximate surface area is 120 Å². The molecule has 3 nitrogen and oxygen atoms in total. The number of thiophene rings is 1. The van der Waals surface area contributed by atoms with Gasteiger partial charge in [0.25, 0.3) is 0 Å². The minimum atomic E-state index is -0.245. The Hall–Kier alpha value is -0.870. The van der Waals surface area contributed by atoms with E-state index >= 15 is 0 Å². The molecule has 1 aromatic rings. The molecule has 0 saturated heterocycles. The lowest BCUT2D eigenvalue weighted by atomic mass is 9.95. The Morgan fingerprint density at radius 1 is 1.37 bits per heavy atom. The zero-order chi connectivity index (χ0) is 14.6. The van der Waals surface area contributed by atoms with Crippen LogP contribution in [0.5, 0.6) is 0 Å². The van der Waals surface area contributed by atoms with Crippen LogP contribution in [-0.2, 0) is 21.5 Å². The van der Waals surface area contributed by atoms with Crippen molar-refractivity contribution in [1.29, 1.82) is 0 Å². The summed E-state index contributed by atoms with van der Waals surface area (Å²) in [5, 5.41) is 3.29. The Balaban J connectivity index is 2.65. The number of carbonyl (C=O) groups is 1. The monoisotopic (exact) mass is 283 g/mol. The van der Waals surface area contributed by atoms with E-state index in [4.69, 9.17) is 4.74 Å². The van der Waals surface area contributed by atoms with Gasteiger partial charge in [-0.3, -0.25) is 10.1 Å². The van der Waals surface area contributed by atoms with E-state index in [0.717, 1.165) is 0 Å². The largest absolute Gasteiger partial charge is 0.468 e. The maximum Gasteiger partial charge on any atom is 0.323 e. The van der Waals surface area contributed by atoms with Crippen molar-refractivity contribution in [2.45, 2.75) is 52.6 Å². The summed E-state index contributed by atoms with van der Waals surface area (Å²) in [4.78, 5) is 14.3. The van der Waals surface area contributed by atoms with Crippen molar-refractivity contribution in [3.63, 3.8) is 0 Å². The second kappa shape index (κ2) is 6.53. The van der Waals surface area contributed by atoms with Crippen molar-refractivity contribution in [2.75, 3.05) is 7.11 Å². The van der Waals surface area contributed by atoms with Gasteiger partial charge in [-0.15, -0.1) is 11.3 Å². The van der Waals surface area contributed by atoms with Gasteiger partial charge in [0.1, 0.15) is 6.04 Å². The van der Waals surface area contributed by atoms with Crippen LogP contribution in [0.4, 0.5) is 0 Å². The number of hydrogen-bond acceptors (Lipinski definition) is 4. The van der Waals surface area contributed by atoms with Crippen molar-refractivity contribution in [3.05, 3.63) is 21.9 Å². The molecule has 0 amide bonds. The van der Waals surface area contributed by atoms with E-state index in [9.17, 15) is 4.79 Å². The third-order valence-corrected chi connectivity index (χ3v) is 4.53. The average molecular weight is 283 g/mol. The predicted molar refractivity (Wildman–Crippen MR) is 80.5 cm³/mol. The van der Waals surface area contributed by atoms with Crippen molar-refractivity contribution >= 4 is 17.3 Å². The lowest BCUT2D eigenvalue weighted by molar-refractivity contribution is -0.144. The predicted octanol–water partition coefficient (Wildman–Crippen LogP) is 3.33. The fourth-order valence-electron chi connectivity index (χ4n) is 1.80. The summed E-state index contributed by atoms with van der Waals surface area (Å²) in [5.41, 5.74) is 0.183. The topological polar surface area (TPSA) is 38.3 Å². The fraction of sp³-hybridized carbons (Fsp3) is 0.667. The first-order valence-electron chi connectivity index (χ1n) is 6.66. The van der Waals surface area contributed by atoms with Gasteiger partial charge >= 0.3 is 5.97 Å². The first kappa shape index (κ1) is 16.2. The van der Waals surface area contributed by atoms with E-state index in [1.807, 2.05) is 13.8 Å². The van der Waals surface area contributed by atoms with Gasteiger partial charge < -0.3 is 4.74 Å². The highest BCUT2D eigenvalue weighted by Crippen LogP contribution is 2.29. The van der Waals surface area contributed by atoms with Crippen LogP contribution >= 0.6 is 11.3 Å². The molecular formula is C15H25NO2S. The molecule has 0 spiro atoms. The molecular weight excluding hydrogens is 258 g/mol. The highest BCUT2D eigenvalue weighted by atomic mass is 32.1. The first-order chi connectivity index (χ1) is 8.75. The highest BCUT2D eigenvalue weighted by Gasteiger charge is 2.23. The van der Waals surface area contributed by atoms with Gasteiger partial charge in [-0.05, 0) is 23.5 Å². The van der Waals surface area contributed by atoms with Gasteiger partial charge in [0.15, 0.2) is 0 Å². The van der Waals surface area contributed by atoms with Gasteiger partial charge in [0, 0.05) is 16.3 Å². The van der Waals surface area contributed by atoms with E-state index in [2.05, 4.69) is 38.2 Å². The molecule has 0 fully saturated rings. The molecule has 1 rings (SSSR count). The molecule has 0 bridgehead atoms. The van der Waals surface area contributed by atoms with Gasteiger partial charge in [-0.25, -0.2) is 0 Å². The quantitative estimate of drug-likeness (QED) is 0.842. The zero-order valence-electron chi connectivity index (χ0n) is 12.7. The Bertz CT molecular complexity index is 418. The van der Waals surface area contributed by atoms with E-state index in [0.29, 0.717) is 6.54 Å². The summed E-state index contributed by atoms with van der Waals surface area (Å²) in [5.74, 6) is 0.0251. The van der Waals surface area contributed by atoms with E-state index in [1.165, 1.54) is 16.9 Å². The number of hydrogen-bond donors (Lipinski definition) is 1. The summed E-state index contributed by atoms with van der Waals surface area (Å²) in [6.45, 7) is 11.4. The summed E-state index contributed by atoms with van der Waals surface area (Å²) in [6, 6.07) is 4.06. The van der Waals surface area contributed by atoms with Crippen LogP contribution in [0.3, 0.4) is 0 Å². The van der Waals surface area contributed by atoms with Crippen LogP contribution in [0.2, 0.25) is 0 Å². The molecule has 4 heteroatoms. The molecule has 0 saturated carbocycles. The summed E-state index contributed by atoms with van der Waals surface area (Å²) < 4.78 is 4.82. The first-order valence-corrected chi connectivity index (χ1v) is 7.47. The van der Waals surface area contributed by atoms with E-state index < -0.39 is 0 Å². The van der Waals surface area contributed by atoms with Gasteiger partial charge in [-0.2, -0.15) is 0 Å². The summed E-state index contributed by atoms with van der Waals surface area (Å²) in [7, 11) is 1.43. The number of carbonyl (C=O) groups excluding carboxylic acids is 1. The SMILES string of the molecule is COC(=O)[C@@H](NCc1ccc(C(C)(C)C)s1)C(C)C. The molecule has 0 unspecified atom stereocenters. The maximum absolute atomic E-state index is 11.7. The standard InChI is InChI=1S/C15H25NO2S/c1-10(2)13(14(17)18-6)16-9-11-7-8-12(19-11)15(3,4)5/h7-8,10,13,16H,9H2,1-6H3/t13-/m0/s1. The zero-order valence-corrected chi connectivity index (χ0v) is 13.6. The van der Waals surface area contributed by atoms with Crippen LogP contribution in [0, 0.1) is 5.92 Å². The molecule has 108 valence electrons. The van der Waals surface area contributed by atoms with Crippen LogP contribution in [0.1, 0.15) is 44.4 Å². The minimum Gasteiger partial charge on any atom is -0.468 e. The third-order valence-electron chi connectivity index (χ3n) is 3.02. The number of ether oxygens (including phenoxy) is 1. The molecule has 19 heavy (non-hydrogen) atoms. The van der Waals surface area contributed by atoms with Crippen molar-refractivity contribution < 1.29 is 9.53 Å². The van der Waals surface area contributed by atoms with Crippen LogP contribution < -0.4 is 5.32 Å². The van der Waals surface area contributed by atoms with Crippen molar-refractivity contribution in [2.24, 2.45) is 5.92 Å². The van der Waals surface area contributed by atoms with E-state index in [1.54, 1.807) is 11.3 Å². The lowest BCUT2D eigenvalue weighted by Crippen LogP contribution is -2.41. The normalized spacial score (nSPS) is 13.6. The van der Waals surface area contributed by atoms with Gasteiger partial charge in [0.05, 0.1) is 7.11 Å². The second-order valence-electron chi connectivity index (χ2n) is 6.14. The van der Waals surface area contributed by atoms with Gasteiger partial charge in [0.2, 0.25) is 0 Å². The Morgan fingerprint density at radius 3 is 2.42 bits per heavy atom. The highest BCUT2D eigenvalue weighted by molar-refractivity contribution is 7.12. The summed E-state index contributed by atoms with van der Waals surface area (Å²) >= 11 is 1.80. The average Bonchev–Trinajstić information content (AvgIpc) is 2.76. The fourth-order valence-corrected chi connectivity index (χ4v) is 2.82. The third kappa shape index (κ3) is 4.62. The molecule has 1 N–H and O–H groups in total. The maximum atomic E-state index is 11.7. The van der Waals surface area contributed by atoms with E-state index in [-0.39, 0.29) is 23.3 Å². The molecule has 0 aliphatic rings. The molecule has 1 aromatic heterocycles. The molecule has 0 aliphatic heterocycles. The van der Waals surface area contributed by atoms with Crippen molar-refractivity contribution in [1.82, 2.24) is 5.32 Å². The Kier molecular flexibility index (Phi) is 5.56. The summed E-state index contributed by atoms with van der Waals surface area (Å²) in [6.07, 6.45) is 0. The van der Waals surface area contributed by atoms with Crippen LogP contribution in [-0.4, -0.2) is 19.1 Å². The number of methoxy groups -OCH3 is 1. The second-order valence-corrected chi connectivity index (χ2v) is 7.31. The molecule has 0 aliphatic carbocycles. The number of nitrogens with one attached hydrogen (secondary N) is 1. The molecule has 1 atom stereocenters. The smallest absolute Gasteiger partial charge is 0.323 e. The van der Waals surface area contributed by atoms with Gasteiger partial charge in [-0.1, -0.05) is 34.6 Å².